The van der Waals surface area contributed by atoms with Gasteiger partial charge in [0.2, 0.25) is 0 Å². The summed E-state index contributed by atoms with van der Waals surface area (Å²) in [7, 11) is 0. The van der Waals surface area contributed by atoms with Crippen LogP contribution in [0.3, 0.4) is 0 Å². The molecule has 0 aromatic rings. The third-order valence-corrected chi connectivity index (χ3v) is 2.77. The van der Waals surface area contributed by atoms with Crippen LogP contribution in [0, 0.1) is 5.92 Å². The van der Waals surface area contributed by atoms with Gasteiger partial charge in [-0.2, -0.15) is 0 Å². The smallest absolute Gasteiger partial charge is 0.0468 e. The van der Waals surface area contributed by atoms with Gasteiger partial charge in [-0.05, 0) is 44.7 Å². The van der Waals surface area contributed by atoms with Gasteiger partial charge in [-0.25, -0.2) is 0 Å². The summed E-state index contributed by atoms with van der Waals surface area (Å²) in [5.41, 5.74) is 0. The van der Waals surface area contributed by atoms with Crippen molar-refractivity contribution in [2.45, 2.75) is 39.0 Å². The lowest BCUT2D eigenvalue weighted by Crippen LogP contribution is -2.28. The van der Waals surface area contributed by atoms with E-state index in [2.05, 4.69) is 12.2 Å². The van der Waals surface area contributed by atoms with Crippen LogP contribution in [0.15, 0.2) is 0 Å². The molecule has 13 heavy (non-hydrogen) atoms. The predicted octanol–water partition coefficient (Wildman–Crippen LogP) is 2.19. The molecule has 0 unspecified atom stereocenters. The SMILES string of the molecule is CCCCOCCC1CCNCC1. The van der Waals surface area contributed by atoms with E-state index in [0.717, 1.165) is 19.1 Å². The largest absolute Gasteiger partial charge is 0.381 e. The molecule has 78 valence electrons. The lowest BCUT2D eigenvalue weighted by Gasteiger charge is -2.22. The molecule has 0 aliphatic carbocycles. The zero-order valence-corrected chi connectivity index (χ0v) is 8.85. The highest BCUT2D eigenvalue weighted by Crippen LogP contribution is 2.15. The summed E-state index contributed by atoms with van der Waals surface area (Å²) in [6.07, 6.45) is 6.42. The zero-order chi connectivity index (χ0) is 9.36. The molecule has 1 rings (SSSR count). The molecule has 1 aliphatic rings. The van der Waals surface area contributed by atoms with Gasteiger partial charge in [0.1, 0.15) is 0 Å². The van der Waals surface area contributed by atoms with Crippen molar-refractivity contribution in [2.24, 2.45) is 5.92 Å². The van der Waals surface area contributed by atoms with E-state index in [1.165, 1.54) is 45.2 Å². The molecule has 0 aromatic heterocycles. The van der Waals surface area contributed by atoms with Gasteiger partial charge in [-0.3, -0.25) is 0 Å². The van der Waals surface area contributed by atoms with Gasteiger partial charge in [0.05, 0.1) is 0 Å². The Morgan fingerprint density at radius 1 is 1.23 bits per heavy atom. The normalized spacial score (nSPS) is 19.2. The third-order valence-electron chi connectivity index (χ3n) is 2.77. The predicted molar refractivity (Wildman–Crippen MR) is 55.9 cm³/mol. The summed E-state index contributed by atoms with van der Waals surface area (Å²) >= 11 is 0. The summed E-state index contributed by atoms with van der Waals surface area (Å²) in [4.78, 5) is 0. The summed E-state index contributed by atoms with van der Waals surface area (Å²) in [5.74, 6) is 0.919. The fraction of sp³-hybridized carbons (Fsp3) is 1.00. The highest BCUT2D eigenvalue weighted by atomic mass is 16.5. The molecule has 0 bridgehead atoms. The van der Waals surface area contributed by atoms with Crippen LogP contribution >= 0.6 is 0 Å². The standard InChI is InChI=1S/C11H23NO/c1-2-3-9-13-10-6-11-4-7-12-8-5-11/h11-12H,2-10H2,1H3. The Hall–Kier alpha value is -0.0800. The molecule has 0 amide bonds. The highest BCUT2D eigenvalue weighted by molar-refractivity contribution is 4.67. The van der Waals surface area contributed by atoms with Gasteiger partial charge >= 0.3 is 0 Å². The van der Waals surface area contributed by atoms with Crippen LogP contribution in [-0.2, 0) is 4.74 Å². The van der Waals surface area contributed by atoms with E-state index < -0.39 is 0 Å². The van der Waals surface area contributed by atoms with Gasteiger partial charge in [-0.15, -0.1) is 0 Å². The molecule has 1 N–H and O–H groups in total. The van der Waals surface area contributed by atoms with E-state index >= 15 is 0 Å². The molecule has 1 fully saturated rings. The second kappa shape index (κ2) is 7.34. The molecule has 2 heteroatoms. The van der Waals surface area contributed by atoms with Crippen molar-refractivity contribution in [1.29, 1.82) is 0 Å². The van der Waals surface area contributed by atoms with Crippen molar-refractivity contribution in [3.8, 4) is 0 Å². The van der Waals surface area contributed by atoms with Crippen molar-refractivity contribution >= 4 is 0 Å². The van der Waals surface area contributed by atoms with Crippen LogP contribution < -0.4 is 5.32 Å². The van der Waals surface area contributed by atoms with Gasteiger partial charge in [-0.1, -0.05) is 13.3 Å². The first-order valence-electron chi connectivity index (χ1n) is 5.72. The number of hydrogen-bond acceptors (Lipinski definition) is 2. The maximum atomic E-state index is 5.56. The number of unbranched alkanes of at least 4 members (excludes halogenated alkanes) is 1. The second-order valence-electron chi connectivity index (χ2n) is 3.95. The highest BCUT2D eigenvalue weighted by Gasteiger charge is 2.11. The Balaban J connectivity index is 1.86. The summed E-state index contributed by atoms with van der Waals surface area (Å²) in [6.45, 7) is 6.56. The Bertz CT molecular complexity index is 111. The first-order valence-corrected chi connectivity index (χ1v) is 5.72. The molecule has 0 aromatic carbocycles. The maximum Gasteiger partial charge on any atom is 0.0468 e. The summed E-state index contributed by atoms with van der Waals surface area (Å²) in [5, 5.41) is 3.38. The van der Waals surface area contributed by atoms with Crippen LogP contribution in [0.2, 0.25) is 0 Å². The van der Waals surface area contributed by atoms with Crippen molar-refractivity contribution in [2.75, 3.05) is 26.3 Å². The minimum Gasteiger partial charge on any atom is -0.381 e. The number of piperidine rings is 1. The molecule has 0 spiro atoms. The van der Waals surface area contributed by atoms with Crippen LogP contribution in [0.5, 0.6) is 0 Å². The topological polar surface area (TPSA) is 21.3 Å². The van der Waals surface area contributed by atoms with Crippen molar-refractivity contribution in [3.63, 3.8) is 0 Å². The minimum absolute atomic E-state index is 0.919. The average Bonchev–Trinajstić information content (AvgIpc) is 2.19. The van der Waals surface area contributed by atoms with E-state index in [1.807, 2.05) is 0 Å². The molecule has 1 heterocycles. The summed E-state index contributed by atoms with van der Waals surface area (Å²) < 4.78 is 5.56. The summed E-state index contributed by atoms with van der Waals surface area (Å²) in [6, 6.07) is 0. The van der Waals surface area contributed by atoms with Crippen LogP contribution in [-0.4, -0.2) is 26.3 Å². The fourth-order valence-corrected chi connectivity index (χ4v) is 1.77. The average molecular weight is 185 g/mol. The maximum absolute atomic E-state index is 5.56. The van der Waals surface area contributed by atoms with Gasteiger partial charge in [0, 0.05) is 13.2 Å². The van der Waals surface area contributed by atoms with Crippen LogP contribution in [0.4, 0.5) is 0 Å². The fourth-order valence-electron chi connectivity index (χ4n) is 1.77. The molecule has 2 nitrogen and oxygen atoms in total. The molecular weight excluding hydrogens is 162 g/mol. The molecule has 0 saturated carbocycles. The zero-order valence-electron chi connectivity index (χ0n) is 8.85. The lowest BCUT2D eigenvalue weighted by molar-refractivity contribution is 0.112. The third kappa shape index (κ3) is 5.27. The van der Waals surface area contributed by atoms with Crippen molar-refractivity contribution in [1.82, 2.24) is 5.32 Å². The minimum atomic E-state index is 0.919. The second-order valence-corrected chi connectivity index (χ2v) is 3.95. The van der Waals surface area contributed by atoms with Crippen LogP contribution in [0.1, 0.15) is 39.0 Å². The van der Waals surface area contributed by atoms with E-state index in [-0.39, 0.29) is 0 Å². The molecule has 0 atom stereocenters. The Kier molecular flexibility index (Phi) is 6.21. The van der Waals surface area contributed by atoms with E-state index in [0.29, 0.717) is 0 Å². The number of rotatable bonds is 6. The number of hydrogen-bond donors (Lipinski definition) is 1. The van der Waals surface area contributed by atoms with E-state index in [4.69, 9.17) is 4.74 Å². The monoisotopic (exact) mass is 185 g/mol. The Labute approximate surface area is 82.0 Å². The molecule has 1 aliphatic heterocycles. The Morgan fingerprint density at radius 3 is 2.69 bits per heavy atom. The van der Waals surface area contributed by atoms with Gasteiger partial charge in [0.15, 0.2) is 0 Å². The van der Waals surface area contributed by atoms with E-state index in [9.17, 15) is 0 Å². The number of ether oxygens (including phenoxy) is 1. The van der Waals surface area contributed by atoms with E-state index in [1.54, 1.807) is 0 Å². The van der Waals surface area contributed by atoms with Crippen LogP contribution in [0.25, 0.3) is 0 Å². The number of nitrogens with one attached hydrogen (secondary N) is 1. The van der Waals surface area contributed by atoms with Gasteiger partial charge < -0.3 is 10.1 Å². The first kappa shape index (κ1) is 11.0. The molecule has 1 saturated heterocycles. The molecular formula is C11H23NO. The van der Waals surface area contributed by atoms with Gasteiger partial charge in [0.25, 0.3) is 0 Å². The molecule has 0 radical (unpaired) electrons. The van der Waals surface area contributed by atoms with Crippen molar-refractivity contribution in [3.05, 3.63) is 0 Å². The quantitative estimate of drug-likeness (QED) is 0.640. The lowest BCUT2D eigenvalue weighted by atomic mass is 9.95. The Morgan fingerprint density at radius 2 is 2.00 bits per heavy atom. The first-order chi connectivity index (χ1) is 6.43. The van der Waals surface area contributed by atoms with Crippen molar-refractivity contribution < 1.29 is 4.74 Å².